The van der Waals surface area contributed by atoms with Gasteiger partial charge in [-0.1, -0.05) is 17.7 Å². The highest BCUT2D eigenvalue weighted by Gasteiger charge is 2.44. The Balaban J connectivity index is 0.00000108. The van der Waals surface area contributed by atoms with Gasteiger partial charge in [-0.3, -0.25) is 0 Å². The number of halogens is 3. The van der Waals surface area contributed by atoms with Crippen molar-refractivity contribution in [2.75, 3.05) is 13.1 Å². The Kier molecular flexibility index (Phi) is 3.77. The lowest BCUT2D eigenvalue weighted by Gasteiger charge is -2.37. The van der Waals surface area contributed by atoms with Crippen molar-refractivity contribution in [3.05, 3.63) is 32.8 Å². The Morgan fingerprint density at radius 1 is 1.53 bits per heavy atom. The summed E-state index contributed by atoms with van der Waals surface area (Å²) >= 11 is 9.76. The van der Waals surface area contributed by atoms with Gasteiger partial charge >= 0.3 is 0 Å². The van der Waals surface area contributed by atoms with Crippen LogP contribution in [0.4, 0.5) is 0 Å². The van der Waals surface area contributed by atoms with Crippen molar-refractivity contribution in [3.8, 4) is 0 Å². The third-order valence-corrected chi connectivity index (χ3v) is 5.04. The molecule has 0 radical (unpaired) electrons. The minimum Gasteiger partial charge on any atom is -0.369 e. The van der Waals surface area contributed by atoms with E-state index < -0.39 is 0 Å². The normalized spacial score (nSPS) is 30.4. The highest BCUT2D eigenvalue weighted by molar-refractivity contribution is 9.10. The second-order valence-corrected chi connectivity index (χ2v) is 5.95. The van der Waals surface area contributed by atoms with Crippen LogP contribution in [0.25, 0.3) is 0 Å². The van der Waals surface area contributed by atoms with Gasteiger partial charge in [0, 0.05) is 29.0 Å². The van der Waals surface area contributed by atoms with Gasteiger partial charge in [0.15, 0.2) is 0 Å². The molecule has 1 aromatic rings. The van der Waals surface area contributed by atoms with Gasteiger partial charge in [-0.2, -0.15) is 0 Å². The molecule has 3 rings (SSSR count). The first kappa shape index (κ1) is 13.6. The summed E-state index contributed by atoms with van der Waals surface area (Å²) in [6, 6.07) is 4.20. The minimum atomic E-state index is -0.0653. The Hall–Kier alpha value is 0.200. The average Bonchev–Trinajstić information content (AvgIpc) is 2.65. The highest BCUT2D eigenvalue weighted by atomic mass is 79.9. The van der Waals surface area contributed by atoms with Crippen LogP contribution in [0.2, 0.25) is 5.02 Å². The van der Waals surface area contributed by atoms with Crippen LogP contribution in [0.1, 0.15) is 24.0 Å². The van der Waals surface area contributed by atoms with Crippen LogP contribution in [0, 0.1) is 0 Å². The lowest BCUT2D eigenvalue weighted by Crippen LogP contribution is -2.39. The second kappa shape index (κ2) is 4.71. The molecule has 5 heteroatoms. The summed E-state index contributed by atoms with van der Waals surface area (Å²) < 4.78 is 6.93. The third kappa shape index (κ3) is 2.02. The van der Waals surface area contributed by atoms with Crippen LogP contribution < -0.4 is 5.32 Å². The van der Waals surface area contributed by atoms with E-state index in [0.717, 1.165) is 28.1 Å². The molecule has 0 amide bonds. The zero-order valence-electron chi connectivity index (χ0n) is 9.43. The Morgan fingerprint density at radius 2 is 2.29 bits per heavy atom. The summed E-state index contributed by atoms with van der Waals surface area (Å²) in [7, 11) is 0. The maximum Gasteiger partial charge on any atom is 0.0863 e. The third-order valence-electron chi connectivity index (χ3n) is 3.72. The standard InChI is InChI=1S/C12H13BrClNO.ClH/c1-12-6-15-4-9(12)7-2-3-10(13)11(14)8(7)5-16-12;/h2-3,9,15H,4-6H2,1H3;1H/t9-,12+;/m0./s1. The monoisotopic (exact) mass is 337 g/mol. The van der Waals surface area contributed by atoms with Crippen LogP contribution in [0.15, 0.2) is 16.6 Å². The van der Waals surface area contributed by atoms with E-state index in [0.29, 0.717) is 12.5 Å². The molecular weight excluding hydrogens is 325 g/mol. The number of nitrogens with one attached hydrogen (secondary N) is 1. The molecule has 1 saturated heterocycles. The van der Waals surface area contributed by atoms with Crippen LogP contribution in [0.5, 0.6) is 0 Å². The van der Waals surface area contributed by atoms with Crippen LogP contribution in [-0.4, -0.2) is 18.7 Å². The van der Waals surface area contributed by atoms with E-state index in [1.807, 2.05) is 6.07 Å². The van der Waals surface area contributed by atoms with Gasteiger partial charge in [0.05, 0.1) is 17.2 Å². The van der Waals surface area contributed by atoms with Gasteiger partial charge in [0.1, 0.15) is 0 Å². The molecule has 0 spiro atoms. The van der Waals surface area contributed by atoms with Crippen molar-refractivity contribution in [1.29, 1.82) is 0 Å². The number of ether oxygens (including phenoxy) is 1. The summed E-state index contributed by atoms with van der Waals surface area (Å²) in [6.07, 6.45) is 0. The zero-order chi connectivity index (χ0) is 11.3. The molecular formula is C12H14BrCl2NO. The topological polar surface area (TPSA) is 21.3 Å². The summed E-state index contributed by atoms with van der Waals surface area (Å²) in [5.41, 5.74) is 2.42. The van der Waals surface area contributed by atoms with Crippen molar-refractivity contribution < 1.29 is 4.74 Å². The molecule has 2 atom stereocenters. The number of hydrogen-bond acceptors (Lipinski definition) is 2. The SMILES string of the molecule is C[C@@]12CNC[C@H]1c1ccc(Br)c(Cl)c1CO2.Cl. The summed E-state index contributed by atoms with van der Waals surface area (Å²) in [6.45, 7) is 4.69. The fraction of sp³-hybridized carbons (Fsp3) is 0.500. The first-order valence-corrected chi connectivity index (χ1v) is 6.60. The molecule has 2 heterocycles. The molecule has 1 aromatic carbocycles. The fourth-order valence-electron chi connectivity index (χ4n) is 2.71. The van der Waals surface area contributed by atoms with Crippen LogP contribution in [-0.2, 0) is 11.3 Å². The molecule has 0 aliphatic carbocycles. The first-order chi connectivity index (χ1) is 7.62. The van der Waals surface area contributed by atoms with Gasteiger partial charge in [-0.25, -0.2) is 0 Å². The van der Waals surface area contributed by atoms with Gasteiger partial charge in [-0.05, 0) is 34.5 Å². The molecule has 1 N–H and O–H groups in total. The largest absolute Gasteiger partial charge is 0.369 e. The van der Waals surface area contributed by atoms with Crippen molar-refractivity contribution >= 4 is 39.9 Å². The Bertz CT molecular complexity index is 454. The van der Waals surface area contributed by atoms with Crippen molar-refractivity contribution in [2.24, 2.45) is 0 Å². The van der Waals surface area contributed by atoms with Gasteiger partial charge in [0.25, 0.3) is 0 Å². The highest BCUT2D eigenvalue weighted by Crippen LogP contribution is 2.44. The summed E-state index contributed by atoms with van der Waals surface area (Å²) in [4.78, 5) is 0. The van der Waals surface area contributed by atoms with E-state index in [1.165, 1.54) is 5.56 Å². The molecule has 17 heavy (non-hydrogen) atoms. The predicted molar refractivity (Wildman–Crippen MR) is 75.2 cm³/mol. The summed E-state index contributed by atoms with van der Waals surface area (Å²) in [5.74, 6) is 0.418. The van der Waals surface area contributed by atoms with E-state index in [2.05, 4.69) is 34.2 Å². The number of rotatable bonds is 0. The van der Waals surface area contributed by atoms with Crippen molar-refractivity contribution in [3.63, 3.8) is 0 Å². The molecule has 0 unspecified atom stereocenters. The van der Waals surface area contributed by atoms with Crippen molar-refractivity contribution in [2.45, 2.75) is 25.0 Å². The number of hydrogen-bond donors (Lipinski definition) is 1. The molecule has 0 bridgehead atoms. The van der Waals surface area contributed by atoms with Crippen LogP contribution >= 0.6 is 39.9 Å². The Labute approximate surface area is 121 Å². The van der Waals surface area contributed by atoms with E-state index in [4.69, 9.17) is 16.3 Å². The zero-order valence-corrected chi connectivity index (χ0v) is 12.6. The van der Waals surface area contributed by atoms with E-state index in [9.17, 15) is 0 Å². The Morgan fingerprint density at radius 3 is 3.06 bits per heavy atom. The maximum atomic E-state index is 6.30. The molecule has 94 valence electrons. The fourth-order valence-corrected chi connectivity index (χ4v) is 3.31. The van der Waals surface area contributed by atoms with Gasteiger partial charge < -0.3 is 10.1 Å². The predicted octanol–water partition coefficient (Wildman–Crippen LogP) is 3.50. The number of fused-ring (bicyclic) bond motifs is 3. The lowest BCUT2D eigenvalue weighted by molar-refractivity contribution is -0.0517. The molecule has 2 nitrogen and oxygen atoms in total. The molecule has 2 aliphatic rings. The van der Waals surface area contributed by atoms with Gasteiger partial charge in [0.2, 0.25) is 0 Å². The lowest BCUT2D eigenvalue weighted by atomic mass is 9.81. The van der Waals surface area contributed by atoms with Crippen LogP contribution in [0.3, 0.4) is 0 Å². The molecule has 0 saturated carbocycles. The molecule has 1 fully saturated rings. The first-order valence-electron chi connectivity index (χ1n) is 5.43. The van der Waals surface area contributed by atoms with Crippen molar-refractivity contribution in [1.82, 2.24) is 5.32 Å². The summed E-state index contributed by atoms with van der Waals surface area (Å²) in [5, 5.41) is 4.20. The second-order valence-electron chi connectivity index (χ2n) is 4.71. The van der Waals surface area contributed by atoms with E-state index >= 15 is 0 Å². The van der Waals surface area contributed by atoms with Gasteiger partial charge in [-0.15, -0.1) is 12.4 Å². The average molecular weight is 339 g/mol. The molecule has 2 aliphatic heterocycles. The quantitative estimate of drug-likeness (QED) is 0.781. The molecule has 0 aromatic heterocycles. The van der Waals surface area contributed by atoms with E-state index in [1.54, 1.807) is 0 Å². The maximum absolute atomic E-state index is 6.30. The van der Waals surface area contributed by atoms with E-state index in [-0.39, 0.29) is 18.0 Å². The minimum absolute atomic E-state index is 0. The number of benzene rings is 1. The smallest absolute Gasteiger partial charge is 0.0863 e.